The Balaban J connectivity index is 2.13. The van der Waals surface area contributed by atoms with E-state index in [1.54, 1.807) is 24.3 Å². The lowest BCUT2D eigenvalue weighted by Gasteiger charge is -2.36. The van der Waals surface area contributed by atoms with Gasteiger partial charge in [-0.3, -0.25) is 9.59 Å². The van der Waals surface area contributed by atoms with Gasteiger partial charge in [0.25, 0.3) is 11.8 Å². The number of aliphatic hydroxyl groups excluding tert-OH is 1. The molecule has 0 aromatic heterocycles. The fourth-order valence-electron chi connectivity index (χ4n) is 2.74. The third-order valence-electron chi connectivity index (χ3n) is 4.22. The molecule has 1 aromatic rings. The quantitative estimate of drug-likeness (QED) is 0.648. The zero-order chi connectivity index (χ0) is 16.2. The molecule has 0 spiro atoms. The van der Waals surface area contributed by atoms with E-state index in [9.17, 15) is 14.7 Å². The predicted octanol–water partition coefficient (Wildman–Crippen LogP) is -0.324. The number of rotatable bonds is 5. The number of hydrogen-bond donors (Lipinski definition) is 3. The van der Waals surface area contributed by atoms with Crippen molar-refractivity contribution in [3.05, 3.63) is 35.9 Å². The normalized spacial score (nSPS) is 18.7. The number of likely N-dealkylation sites (tertiary alicyclic amines) is 1. The topological polar surface area (TPSA) is 104 Å². The monoisotopic (exact) mass is 306 g/mol. The SMILES string of the molecule is NC(=O)[C@](O)(Cc1ccccc1)C(=O)N1CCC(CO)CC1. The third kappa shape index (κ3) is 3.45. The second-order valence-corrected chi connectivity index (χ2v) is 5.81. The van der Waals surface area contributed by atoms with Gasteiger partial charge >= 0.3 is 0 Å². The first-order valence-electron chi connectivity index (χ1n) is 7.44. The van der Waals surface area contributed by atoms with Crippen molar-refractivity contribution < 1.29 is 19.8 Å². The van der Waals surface area contributed by atoms with Crippen molar-refractivity contribution in [1.82, 2.24) is 4.90 Å². The van der Waals surface area contributed by atoms with Crippen LogP contribution in [-0.2, 0) is 16.0 Å². The van der Waals surface area contributed by atoms with Gasteiger partial charge in [-0.1, -0.05) is 30.3 Å². The maximum Gasteiger partial charge on any atom is 0.264 e. The van der Waals surface area contributed by atoms with Crippen LogP contribution in [0, 0.1) is 5.92 Å². The Morgan fingerprint density at radius 2 is 1.82 bits per heavy atom. The van der Waals surface area contributed by atoms with Crippen molar-refractivity contribution in [3.8, 4) is 0 Å². The van der Waals surface area contributed by atoms with Crippen LogP contribution in [0.15, 0.2) is 30.3 Å². The van der Waals surface area contributed by atoms with Gasteiger partial charge in [0.2, 0.25) is 5.60 Å². The smallest absolute Gasteiger partial charge is 0.264 e. The van der Waals surface area contributed by atoms with Crippen LogP contribution in [0.1, 0.15) is 18.4 Å². The molecule has 0 radical (unpaired) electrons. The highest BCUT2D eigenvalue weighted by atomic mass is 16.3. The van der Waals surface area contributed by atoms with Crippen LogP contribution in [0.4, 0.5) is 0 Å². The van der Waals surface area contributed by atoms with E-state index in [0.29, 0.717) is 31.5 Å². The van der Waals surface area contributed by atoms with Crippen molar-refractivity contribution in [1.29, 1.82) is 0 Å². The summed E-state index contributed by atoms with van der Waals surface area (Å²) in [4.78, 5) is 25.7. The van der Waals surface area contributed by atoms with Crippen LogP contribution >= 0.6 is 0 Å². The van der Waals surface area contributed by atoms with E-state index in [1.807, 2.05) is 6.07 Å². The average Bonchev–Trinajstić information content (AvgIpc) is 2.55. The molecule has 1 aromatic carbocycles. The Labute approximate surface area is 129 Å². The number of hydrogen-bond acceptors (Lipinski definition) is 4. The number of benzene rings is 1. The van der Waals surface area contributed by atoms with Crippen molar-refractivity contribution in [3.63, 3.8) is 0 Å². The van der Waals surface area contributed by atoms with Crippen molar-refractivity contribution in [2.75, 3.05) is 19.7 Å². The highest BCUT2D eigenvalue weighted by Gasteiger charge is 2.45. The van der Waals surface area contributed by atoms with Gasteiger partial charge in [0.05, 0.1) is 0 Å². The van der Waals surface area contributed by atoms with Gasteiger partial charge < -0.3 is 20.8 Å². The molecule has 1 aliphatic rings. The Kier molecular flexibility index (Phi) is 5.15. The van der Waals surface area contributed by atoms with E-state index in [-0.39, 0.29) is 18.9 Å². The third-order valence-corrected chi connectivity index (χ3v) is 4.22. The molecular weight excluding hydrogens is 284 g/mol. The molecule has 2 rings (SSSR count). The summed E-state index contributed by atoms with van der Waals surface area (Å²) < 4.78 is 0. The molecule has 0 saturated carbocycles. The molecule has 0 unspecified atom stereocenters. The Bertz CT molecular complexity index is 526. The molecule has 0 bridgehead atoms. The molecule has 120 valence electrons. The molecule has 22 heavy (non-hydrogen) atoms. The molecule has 4 N–H and O–H groups in total. The van der Waals surface area contributed by atoms with E-state index < -0.39 is 17.4 Å². The van der Waals surface area contributed by atoms with Crippen LogP contribution in [0.3, 0.4) is 0 Å². The molecule has 1 heterocycles. The van der Waals surface area contributed by atoms with E-state index in [1.165, 1.54) is 4.90 Å². The van der Waals surface area contributed by atoms with Crippen LogP contribution in [0.25, 0.3) is 0 Å². The minimum absolute atomic E-state index is 0.0894. The lowest BCUT2D eigenvalue weighted by atomic mass is 9.90. The van der Waals surface area contributed by atoms with Crippen molar-refractivity contribution >= 4 is 11.8 Å². The van der Waals surface area contributed by atoms with E-state index in [2.05, 4.69) is 0 Å². The number of amides is 2. The maximum absolute atomic E-state index is 12.6. The molecule has 1 atom stereocenters. The summed E-state index contributed by atoms with van der Waals surface area (Å²) in [6, 6.07) is 8.83. The van der Waals surface area contributed by atoms with Gasteiger partial charge in [-0.25, -0.2) is 0 Å². The summed E-state index contributed by atoms with van der Waals surface area (Å²) in [6.07, 6.45) is 1.17. The second kappa shape index (κ2) is 6.89. The van der Waals surface area contributed by atoms with Gasteiger partial charge in [-0.15, -0.1) is 0 Å². The summed E-state index contributed by atoms with van der Waals surface area (Å²) in [7, 11) is 0. The Morgan fingerprint density at radius 3 is 2.32 bits per heavy atom. The largest absolute Gasteiger partial charge is 0.396 e. The second-order valence-electron chi connectivity index (χ2n) is 5.81. The van der Waals surface area contributed by atoms with Crippen molar-refractivity contribution in [2.45, 2.75) is 24.9 Å². The molecule has 1 saturated heterocycles. The average molecular weight is 306 g/mol. The Morgan fingerprint density at radius 1 is 1.23 bits per heavy atom. The summed E-state index contributed by atoms with van der Waals surface area (Å²) in [5.41, 5.74) is 3.74. The lowest BCUT2D eigenvalue weighted by Crippen LogP contribution is -2.59. The molecule has 2 amide bonds. The zero-order valence-corrected chi connectivity index (χ0v) is 12.4. The molecule has 1 aliphatic heterocycles. The number of aliphatic hydroxyl groups is 2. The van der Waals surface area contributed by atoms with Gasteiger partial charge in [0, 0.05) is 26.1 Å². The van der Waals surface area contributed by atoms with E-state index in [4.69, 9.17) is 10.8 Å². The number of carbonyl (C=O) groups excluding carboxylic acids is 2. The molecule has 6 nitrogen and oxygen atoms in total. The number of piperidine rings is 1. The predicted molar refractivity (Wildman–Crippen MR) is 80.7 cm³/mol. The van der Waals surface area contributed by atoms with Crippen LogP contribution in [-0.4, -0.2) is 52.2 Å². The molecular formula is C16H22N2O4. The van der Waals surface area contributed by atoms with Crippen LogP contribution in [0.5, 0.6) is 0 Å². The summed E-state index contributed by atoms with van der Waals surface area (Å²) in [5, 5.41) is 19.7. The van der Waals surface area contributed by atoms with Crippen LogP contribution < -0.4 is 5.73 Å². The van der Waals surface area contributed by atoms with Gasteiger partial charge in [0.15, 0.2) is 0 Å². The summed E-state index contributed by atoms with van der Waals surface area (Å²) >= 11 is 0. The minimum atomic E-state index is -2.23. The molecule has 1 fully saturated rings. The number of carbonyl (C=O) groups is 2. The summed E-state index contributed by atoms with van der Waals surface area (Å²) in [6.45, 7) is 0.912. The fourth-order valence-corrected chi connectivity index (χ4v) is 2.74. The highest BCUT2D eigenvalue weighted by molar-refractivity contribution is 6.07. The maximum atomic E-state index is 12.6. The number of nitrogens with zero attached hydrogens (tertiary/aromatic N) is 1. The Hall–Kier alpha value is -1.92. The lowest BCUT2D eigenvalue weighted by molar-refractivity contribution is -0.160. The summed E-state index contributed by atoms with van der Waals surface area (Å²) in [5.74, 6) is -1.52. The van der Waals surface area contributed by atoms with Gasteiger partial charge in [-0.2, -0.15) is 0 Å². The molecule has 6 heteroatoms. The van der Waals surface area contributed by atoms with Crippen LogP contribution in [0.2, 0.25) is 0 Å². The first-order valence-corrected chi connectivity index (χ1v) is 7.44. The fraction of sp³-hybridized carbons (Fsp3) is 0.500. The number of primary amides is 1. The van der Waals surface area contributed by atoms with E-state index in [0.717, 1.165) is 0 Å². The first-order chi connectivity index (χ1) is 10.5. The molecule has 0 aliphatic carbocycles. The minimum Gasteiger partial charge on any atom is -0.396 e. The van der Waals surface area contributed by atoms with Gasteiger partial charge in [-0.05, 0) is 24.3 Å². The number of nitrogens with two attached hydrogens (primary N) is 1. The standard InChI is InChI=1S/C16H22N2O4/c17-14(20)16(22,10-12-4-2-1-3-5-12)15(21)18-8-6-13(11-19)7-9-18/h1-5,13,19,22H,6-11H2,(H2,17,20)/t16-/m1/s1. The highest BCUT2D eigenvalue weighted by Crippen LogP contribution is 2.22. The first kappa shape index (κ1) is 16.5. The van der Waals surface area contributed by atoms with Crippen molar-refractivity contribution in [2.24, 2.45) is 11.7 Å². The van der Waals surface area contributed by atoms with Gasteiger partial charge in [0.1, 0.15) is 0 Å². The zero-order valence-electron chi connectivity index (χ0n) is 12.4. The van der Waals surface area contributed by atoms with E-state index >= 15 is 0 Å².